The van der Waals surface area contributed by atoms with Crippen LogP contribution in [0.5, 0.6) is 11.5 Å². The Morgan fingerprint density at radius 2 is 1.80 bits per heavy atom. The Labute approximate surface area is 173 Å². The molecule has 158 valence electrons. The van der Waals surface area contributed by atoms with Gasteiger partial charge in [0.25, 0.3) is 0 Å². The number of anilines is 1. The van der Waals surface area contributed by atoms with E-state index < -0.39 is 17.9 Å². The summed E-state index contributed by atoms with van der Waals surface area (Å²) in [5, 5.41) is 4.83. The molecule has 0 unspecified atom stereocenters. The molecule has 9 nitrogen and oxygen atoms in total. The lowest BCUT2D eigenvalue weighted by Gasteiger charge is -2.20. The van der Waals surface area contributed by atoms with Crippen molar-refractivity contribution in [2.75, 3.05) is 31.8 Å². The van der Waals surface area contributed by atoms with Crippen LogP contribution in [-0.2, 0) is 20.9 Å². The maximum absolute atomic E-state index is 12.4. The van der Waals surface area contributed by atoms with E-state index in [0.29, 0.717) is 23.7 Å². The normalized spacial score (nSPS) is 11.8. The molecule has 3 amide bonds. The van der Waals surface area contributed by atoms with Gasteiger partial charge in [-0.05, 0) is 24.6 Å². The van der Waals surface area contributed by atoms with Gasteiger partial charge in [0.15, 0.2) is 11.5 Å². The number of nitrogens with zero attached hydrogens (tertiary/aromatic N) is 1. The molecular weight excluding hydrogens is 390 g/mol. The van der Waals surface area contributed by atoms with Crippen LogP contribution in [0.2, 0.25) is 0 Å². The summed E-state index contributed by atoms with van der Waals surface area (Å²) < 4.78 is 15.4. The highest BCUT2D eigenvalue weighted by atomic mass is 16.7. The molecule has 2 aromatic rings. The van der Waals surface area contributed by atoms with E-state index in [4.69, 9.17) is 14.2 Å². The molecule has 2 aromatic carbocycles. The summed E-state index contributed by atoms with van der Waals surface area (Å²) in [6, 6.07) is 13.6. The molecule has 0 radical (unpaired) electrons. The first-order valence-electron chi connectivity index (χ1n) is 9.46. The first-order chi connectivity index (χ1) is 14.5. The van der Waals surface area contributed by atoms with Crippen LogP contribution >= 0.6 is 0 Å². The predicted molar refractivity (Wildman–Crippen MR) is 108 cm³/mol. The number of carbonyl (C=O) groups excluding carboxylic acids is 3. The average Bonchev–Trinajstić information content (AvgIpc) is 3.16. The van der Waals surface area contributed by atoms with Crippen molar-refractivity contribution in [3.8, 4) is 11.5 Å². The lowest BCUT2D eigenvalue weighted by molar-refractivity contribution is -0.144. The van der Waals surface area contributed by atoms with E-state index in [1.807, 2.05) is 30.3 Å². The van der Waals surface area contributed by atoms with Crippen molar-refractivity contribution in [3.05, 3.63) is 54.1 Å². The van der Waals surface area contributed by atoms with Gasteiger partial charge in [0.1, 0.15) is 0 Å². The van der Waals surface area contributed by atoms with Gasteiger partial charge in [-0.15, -0.1) is 0 Å². The first-order valence-corrected chi connectivity index (χ1v) is 9.46. The number of ether oxygens (including phenoxy) is 3. The summed E-state index contributed by atoms with van der Waals surface area (Å²) in [4.78, 5) is 38.0. The number of imide groups is 1. The maximum atomic E-state index is 12.4. The van der Waals surface area contributed by atoms with Crippen molar-refractivity contribution >= 4 is 23.6 Å². The van der Waals surface area contributed by atoms with E-state index in [0.717, 1.165) is 5.56 Å². The average molecular weight is 413 g/mol. The predicted octanol–water partition coefficient (Wildman–Crippen LogP) is 2.13. The monoisotopic (exact) mass is 413 g/mol. The minimum atomic E-state index is -0.685. The summed E-state index contributed by atoms with van der Waals surface area (Å²) in [7, 11) is 0. The second-order valence-corrected chi connectivity index (χ2v) is 6.51. The molecule has 0 aromatic heterocycles. The molecule has 3 rings (SSSR count). The summed E-state index contributed by atoms with van der Waals surface area (Å²) >= 11 is 0. The highest BCUT2D eigenvalue weighted by Crippen LogP contribution is 2.34. The van der Waals surface area contributed by atoms with Crippen LogP contribution in [-0.4, -0.2) is 49.3 Å². The molecule has 1 aliphatic heterocycles. The van der Waals surface area contributed by atoms with Gasteiger partial charge in [-0.25, -0.2) is 4.79 Å². The second-order valence-electron chi connectivity index (χ2n) is 6.51. The first kappa shape index (κ1) is 21.1. The van der Waals surface area contributed by atoms with Crippen LogP contribution in [0.25, 0.3) is 0 Å². The van der Waals surface area contributed by atoms with Gasteiger partial charge in [-0.1, -0.05) is 30.3 Å². The molecule has 0 bridgehead atoms. The fraction of sp³-hybridized carbons (Fsp3) is 0.286. The van der Waals surface area contributed by atoms with Crippen molar-refractivity contribution in [2.24, 2.45) is 0 Å². The number of benzene rings is 2. The summed E-state index contributed by atoms with van der Waals surface area (Å²) in [5.41, 5.74) is 1.39. The minimum absolute atomic E-state index is 0.0695. The number of urea groups is 1. The van der Waals surface area contributed by atoms with E-state index in [2.05, 4.69) is 10.6 Å². The van der Waals surface area contributed by atoms with Gasteiger partial charge >= 0.3 is 12.0 Å². The van der Waals surface area contributed by atoms with Gasteiger partial charge in [0, 0.05) is 18.3 Å². The number of hydrogen-bond donors (Lipinski definition) is 2. The van der Waals surface area contributed by atoms with Crippen LogP contribution in [0.1, 0.15) is 12.5 Å². The third-order valence-corrected chi connectivity index (χ3v) is 4.16. The fourth-order valence-corrected chi connectivity index (χ4v) is 2.90. The summed E-state index contributed by atoms with van der Waals surface area (Å²) in [6.07, 6.45) is 0. The minimum Gasteiger partial charge on any atom is -0.465 e. The number of hydrogen-bond acceptors (Lipinski definition) is 7. The quantitative estimate of drug-likeness (QED) is 0.639. The van der Waals surface area contributed by atoms with E-state index in [1.165, 1.54) is 0 Å². The Hall–Kier alpha value is -3.59. The van der Waals surface area contributed by atoms with E-state index in [9.17, 15) is 14.4 Å². The van der Waals surface area contributed by atoms with Crippen molar-refractivity contribution in [1.29, 1.82) is 0 Å². The van der Waals surface area contributed by atoms with Gasteiger partial charge < -0.3 is 19.5 Å². The Balaban J connectivity index is 1.55. The molecule has 2 N–H and O–H groups in total. The molecule has 0 atom stereocenters. The summed E-state index contributed by atoms with van der Waals surface area (Å²) in [5.74, 6) is 0.120. The number of esters is 1. The zero-order chi connectivity index (χ0) is 21.3. The molecule has 1 heterocycles. The second kappa shape index (κ2) is 10.3. The van der Waals surface area contributed by atoms with E-state index in [-0.39, 0.29) is 26.5 Å². The number of rotatable bonds is 8. The van der Waals surface area contributed by atoms with Gasteiger partial charge in [0.2, 0.25) is 12.7 Å². The Morgan fingerprint density at radius 1 is 1.03 bits per heavy atom. The van der Waals surface area contributed by atoms with Crippen molar-refractivity contribution < 1.29 is 28.6 Å². The highest BCUT2D eigenvalue weighted by molar-refractivity contribution is 6.02. The van der Waals surface area contributed by atoms with Crippen molar-refractivity contribution in [3.63, 3.8) is 0 Å². The van der Waals surface area contributed by atoms with E-state index >= 15 is 0 Å². The number of fused-ring (bicyclic) bond motifs is 1. The van der Waals surface area contributed by atoms with Crippen molar-refractivity contribution in [2.45, 2.75) is 13.5 Å². The Morgan fingerprint density at radius 3 is 2.57 bits per heavy atom. The lowest BCUT2D eigenvalue weighted by Crippen LogP contribution is -2.43. The highest BCUT2D eigenvalue weighted by Gasteiger charge is 2.18. The fourth-order valence-electron chi connectivity index (χ4n) is 2.90. The molecule has 1 aliphatic rings. The Kier molecular flexibility index (Phi) is 7.23. The number of carbonyl (C=O) groups is 3. The number of amides is 3. The standard InChI is InChI=1S/C21H23N3O6/c1-2-28-20(26)13-24(11-15-6-4-3-5-7-15)12-19(25)23-21(27)22-16-8-9-17-18(10-16)30-14-29-17/h3-10H,2,11-14H2,1H3,(H2,22,23,25,27). The maximum Gasteiger partial charge on any atom is 0.325 e. The third kappa shape index (κ3) is 6.21. The van der Waals surface area contributed by atoms with Crippen LogP contribution in [0.4, 0.5) is 10.5 Å². The van der Waals surface area contributed by atoms with Gasteiger partial charge in [-0.2, -0.15) is 0 Å². The van der Waals surface area contributed by atoms with Gasteiger partial charge in [-0.3, -0.25) is 19.8 Å². The topological polar surface area (TPSA) is 106 Å². The molecule has 0 fully saturated rings. The SMILES string of the molecule is CCOC(=O)CN(CC(=O)NC(=O)Nc1ccc2c(c1)OCO2)Cc1ccccc1. The zero-order valence-corrected chi connectivity index (χ0v) is 16.6. The molecule has 0 saturated carbocycles. The third-order valence-electron chi connectivity index (χ3n) is 4.16. The number of nitrogens with one attached hydrogen (secondary N) is 2. The van der Waals surface area contributed by atoms with Gasteiger partial charge in [0.05, 0.1) is 19.7 Å². The van der Waals surface area contributed by atoms with Crippen LogP contribution in [0, 0.1) is 0 Å². The van der Waals surface area contributed by atoms with E-state index in [1.54, 1.807) is 30.0 Å². The Bertz CT molecular complexity index is 903. The summed E-state index contributed by atoms with van der Waals surface area (Å²) in [6.45, 7) is 2.23. The molecule has 0 spiro atoms. The molecule has 9 heteroatoms. The van der Waals surface area contributed by atoms with Crippen LogP contribution in [0.15, 0.2) is 48.5 Å². The van der Waals surface area contributed by atoms with Crippen molar-refractivity contribution in [1.82, 2.24) is 10.2 Å². The largest absolute Gasteiger partial charge is 0.465 e. The zero-order valence-electron chi connectivity index (χ0n) is 16.6. The molecule has 0 saturated heterocycles. The molecule has 0 aliphatic carbocycles. The van der Waals surface area contributed by atoms with Crippen LogP contribution in [0.3, 0.4) is 0 Å². The lowest BCUT2D eigenvalue weighted by atomic mass is 10.2. The molecule has 30 heavy (non-hydrogen) atoms. The molecular formula is C21H23N3O6. The van der Waals surface area contributed by atoms with Crippen LogP contribution < -0.4 is 20.1 Å². The smallest absolute Gasteiger partial charge is 0.325 e.